The number of rotatable bonds is 59. The highest BCUT2D eigenvalue weighted by Crippen LogP contribution is 2.43. The van der Waals surface area contributed by atoms with Crippen LogP contribution >= 0.6 is 7.82 Å². The minimum absolute atomic E-state index is 0.0276. The number of phosphoric ester groups is 1. The molecule has 0 aliphatic heterocycles. The van der Waals surface area contributed by atoms with E-state index in [0.29, 0.717) is 17.4 Å². The van der Waals surface area contributed by atoms with Gasteiger partial charge in [-0.1, -0.05) is 283 Å². The Labute approximate surface area is 498 Å². The van der Waals surface area contributed by atoms with Crippen LogP contribution in [0.25, 0.3) is 0 Å². The highest BCUT2D eigenvalue weighted by molar-refractivity contribution is 7.47. The van der Waals surface area contributed by atoms with Crippen LogP contribution in [0, 0.1) is 0 Å². The van der Waals surface area contributed by atoms with Gasteiger partial charge in [0.15, 0.2) is 6.10 Å². The van der Waals surface area contributed by atoms with E-state index in [-0.39, 0.29) is 32.0 Å². The van der Waals surface area contributed by atoms with Crippen molar-refractivity contribution in [2.45, 2.75) is 270 Å². The maximum absolute atomic E-state index is 12.8. The number of quaternary nitrogens is 1. The number of carbonyl (C=O) groups excluding carboxylic acids is 2. The van der Waals surface area contributed by atoms with Crippen molar-refractivity contribution in [2.24, 2.45) is 0 Å². The molecule has 0 heterocycles. The van der Waals surface area contributed by atoms with Gasteiger partial charge in [-0.15, -0.1) is 0 Å². The van der Waals surface area contributed by atoms with E-state index in [9.17, 15) is 19.0 Å². The van der Waals surface area contributed by atoms with Gasteiger partial charge in [0, 0.05) is 12.8 Å². The predicted octanol–water partition coefficient (Wildman–Crippen LogP) is 21.1. The average molecular weight is 1150 g/mol. The molecule has 10 heteroatoms. The number of ether oxygens (including phenoxy) is 2. The molecule has 0 aliphatic rings. The Bertz CT molecular complexity index is 1780. The van der Waals surface area contributed by atoms with E-state index in [1.165, 1.54) is 122 Å². The summed E-state index contributed by atoms with van der Waals surface area (Å²) in [7, 11) is 1.47. The summed E-state index contributed by atoms with van der Waals surface area (Å²) in [6, 6.07) is 0. The summed E-state index contributed by atoms with van der Waals surface area (Å²) in [6.45, 7) is 4.33. The normalized spacial score (nSPS) is 14.0. The van der Waals surface area contributed by atoms with Crippen LogP contribution in [0.4, 0.5) is 0 Å². The average Bonchev–Trinajstić information content (AvgIpc) is 3.43. The Balaban J connectivity index is 4.07. The Morgan fingerprint density at radius 2 is 0.704 bits per heavy atom. The molecular weight excluding hydrogens is 1030 g/mol. The summed E-state index contributed by atoms with van der Waals surface area (Å²) in [5.41, 5.74) is 0. The van der Waals surface area contributed by atoms with Crippen molar-refractivity contribution < 1.29 is 42.1 Å². The zero-order chi connectivity index (χ0) is 59.1. The first-order valence-corrected chi connectivity index (χ1v) is 34.3. The second kappa shape index (κ2) is 61.0. The van der Waals surface area contributed by atoms with Crippen LogP contribution in [-0.2, 0) is 32.7 Å². The molecule has 0 aliphatic carbocycles. The second-order valence-corrected chi connectivity index (χ2v) is 24.2. The number of nitrogens with zero attached hydrogens (tertiary/aromatic N) is 1. The van der Waals surface area contributed by atoms with E-state index in [0.717, 1.165) is 109 Å². The van der Waals surface area contributed by atoms with Crippen LogP contribution < -0.4 is 0 Å². The Kier molecular flexibility index (Phi) is 58.3. The molecule has 0 rings (SSSR count). The lowest BCUT2D eigenvalue weighted by atomic mass is 10.0. The highest BCUT2D eigenvalue weighted by atomic mass is 31.2. The number of carbonyl (C=O) groups is 2. The number of allylic oxidation sites excluding steroid dienone is 20. The maximum atomic E-state index is 12.8. The number of hydrogen-bond donors (Lipinski definition) is 1. The summed E-state index contributed by atoms with van der Waals surface area (Å²) in [6.07, 6.45) is 87.1. The molecule has 464 valence electrons. The van der Waals surface area contributed by atoms with Gasteiger partial charge in [0.2, 0.25) is 0 Å². The smallest absolute Gasteiger partial charge is 0.462 e. The summed E-state index contributed by atoms with van der Waals surface area (Å²) >= 11 is 0. The van der Waals surface area contributed by atoms with E-state index in [1.54, 1.807) is 0 Å². The van der Waals surface area contributed by atoms with Gasteiger partial charge in [-0.2, -0.15) is 0 Å². The van der Waals surface area contributed by atoms with Crippen LogP contribution in [0.5, 0.6) is 0 Å². The molecule has 0 amide bonds. The van der Waals surface area contributed by atoms with Crippen molar-refractivity contribution in [3.8, 4) is 0 Å². The number of unbranched alkanes of at least 4 members (excludes halogenated alkanes) is 25. The van der Waals surface area contributed by atoms with Gasteiger partial charge in [-0.05, 0) is 89.9 Å². The van der Waals surface area contributed by atoms with Gasteiger partial charge in [-0.25, -0.2) is 4.57 Å². The van der Waals surface area contributed by atoms with Crippen molar-refractivity contribution in [2.75, 3.05) is 47.5 Å². The minimum Gasteiger partial charge on any atom is -0.462 e. The van der Waals surface area contributed by atoms with Crippen LogP contribution in [0.2, 0.25) is 0 Å². The van der Waals surface area contributed by atoms with E-state index in [4.69, 9.17) is 18.5 Å². The Morgan fingerprint density at radius 3 is 1.05 bits per heavy atom. The van der Waals surface area contributed by atoms with E-state index >= 15 is 0 Å². The van der Waals surface area contributed by atoms with Crippen LogP contribution in [-0.4, -0.2) is 74.9 Å². The topological polar surface area (TPSA) is 108 Å². The third kappa shape index (κ3) is 65.4. The molecule has 0 fully saturated rings. The third-order valence-corrected chi connectivity index (χ3v) is 14.7. The summed E-state index contributed by atoms with van der Waals surface area (Å²) in [4.78, 5) is 35.7. The Hall–Kier alpha value is -3.59. The van der Waals surface area contributed by atoms with Crippen LogP contribution in [0.3, 0.4) is 0 Å². The third-order valence-electron chi connectivity index (χ3n) is 13.8. The van der Waals surface area contributed by atoms with Gasteiger partial charge < -0.3 is 18.9 Å². The Morgan fingerprint density at radius 1 is 0.395 bits per heavy atom. The molecule has 0 bridgehead atoms. The van der Waals surface area contributed by atoms with Crippen molar-refractivity contribution in [1.82, 2.24) is 0 Å². The fourth-order valence-electron chi connectivity index (χ4n) is 8.75. The van der Waals surface area contributed by atoms with Gasteiger partial charge in [0.25, 0.3) is 0 Å². The summed E-state index contributed by atoms with van der Waals surface area (Å²) < 4.78 is 34.6. The van der Waals surface area contributed by atoms with E-state index in [1.807, 2.05) is 21.1 Å². The summed E-state index contributed by atoms with van der Waals surface area (Å²) in [5.74, 6) is -0.800. The molecule has 1 N–H and O–H groups in total. The van der Waals surface area contributed by atoms with E-state index < -0.39 is 26.5 Å². The van der Waals surface area contributed by atoms with Gasteiger partial charge in [0.1, 0.15) is 19.8 Å². The molecule has 0 aromatic rings. The lowest BCUT2D eigenvalue weighted by Gasteiger charge is -2.24. The molecule has 0 saturated carbocycles. The standard InChI is InChI=1S/C71H122NO8P/c1-6-8-10-12-14-16-18-20-22-24-25-26-27-28-29-30-31-32-33-34-35-36-37-38-39-40-41-42-43-44-45-46-47-48-50-52-54-56-58-60-62-64-71(74)80-69(68-79-81(75,76)78-66-65-72(3,4)5)67-77-70(73)63-61-59-57-55-53-51-49-23-21-19-17-15-13-11-9-7-2/h8,10,14,16,20,22,25-26,28-29,31-32,34-35,37-38,40-41,43-44,69H,6-7,9,11-13,15,17-19,21,23-24,27,30,33,36,39,42,45-68H2,1-5H3/p+1/b10-8-,16-14-,22-20-,26-25-,29-28-,32-31-,35-34-,38-37-,41-40-,44-43-. The molecule has 2 atom stereocenters. The van der Waals surface area contributed by atoms with Crippen molar-refractivity contribution in [3.05, 3.63) is 122 Å². The quantitative estimate of drug-likeness (QED) is 0.0211. The lowest BCUT2D eigenvalue weighted by Crippen LogP contribution is -2.37. The van der Waals surface area contributed by atoms with Crippen molar-refractivity contribution in [3.63, 3.8) is 0 Å². The van der Waals surface area contributed by atoms with Gasteiger partial charge in [0.05, 0.1) is 27.7 Å². The van der Waals surface area contributed by atoms with Gasteiger partial charge in [-0.3, -0.25) is 18.6 Å². The van der Waals surface area contributed by atoms with Crippen LogP contribution in [0.15, 0.2) is 122 Å². The molecule has 0 aromatic carbocycles. The lowest BCUT2D eigenvalue weighted by molar-refractivity contribution is -0.870. The predicted molar refractivity (Wildman–Crippen MR) is 348 cm³/mol. The fourth-order valence-corrected chi connectivity index (χ4v) is 9.49. The summed E-state index contributed by atoms with van der Waals surface area (Å²) in [5, 5.41) is 0. The zero-order valence-corrected chi connectivity index (χ0v) is 53.6. The minimum atomic E-state index is -4.39. The zero-order valence-electron chi connectivity index (χ0n) is 52.7. The van der Waals surface area contributed by atoms with E-state index in [2.05, 4.69) is 135 Å². The molecule has 0 radical (unpaired) electrons. The number of phosphoric acid groups is 1. The second-order valence-electron chi connectivity index (χ2n) is 22.8. The number of likely N-dealkylation sites (N-methyl/N-ethyl adjacent to an activating group) is 1. The number of hydrogen-bond acceptors (Lipinski definition) is 7. The fraction of sp³-hybridized carbons (Fsp3) is 0.690. The number of esters is 2. The molecule has 81 heavy (non-hydrogen) atoms. The first-order chi connectivity index (χ1) is 39.5. The molecule has 2 unspecified atom stereocenters. The first kappa shape index (κ1) is 77.4. The largest absolute Gasteiger partial charge is 0.472 e. The monoisotopic (exact) mass is 1150 g/mol. The molecule has 0 saturated heterocycles. The van der Waals surface area contributed by atoms with Gasteiger partial charge >= 0.3 is 19.8 Å². The SMILES string of the molecule is CC/C=C\C/C=C\C/C=C\C/C=C\C/C=C\C/C=C\C/C=C\C/C=C\C/C=C\C/C=C\CCCCCCCCCCCCC(=O)OC(COC(=O)CCCCCCCCCCCCCCCCCC)COP(=O)(O)OCC[N+](C)(C)C. The molecule has 0 aromatic heterocycles. The molecule has 0 spiro atoms. The van der Waals surface area contributed by atoms with Crippen molar-refractivity contribution >= 4 is 19.8 Å². The molecular formula is C71H123NO8P+. The highest BCUT2D eigenvalue weighted by Gasteiger charge is 2.27. The van der Waals surface area contributed by atoms with Crippen molar-refractivity contribution in [1.29, 1.82) is 0 Å². The first-order valence-electron chi connectivity index (χ1n) is 32.8. The molecule has 9 nitrogen and oxygen atoms in total. The van der Waals surface area contributed by atoms with Crippen LogP contribution in [0.1, 0.15) is 264 Å². The maximum Gasteiger partial charge on any atom is 0.472 e.